The molecule has 23 heavy (non-hydrogen) atoms. The minimum atomic E-state index is -0.0815. The number of methoxy groups -OCH3 is 1. The number of nitrogens with one attached hydrogen (secondary N) is 1. The van der Waals surface area contributed by atoms with Gasteiger partial charge in [-0.3, -0.25) is 0 Å². The number of hydrogen-bond donors (Lipinski definition) is 1. The standard InChI is InChI=1S/C16H18N4O3/c1-10-15(11-4-6-20-12(7-11)3-5-18-20)16(19-23-10)22-14-9-17-8-13(14)21-2/h3-7,13-14,17H,8-9H2,1-2H3. The molecule has 4 heterocycles. The Bertz CT molecular complexity index is 826. The summed E-state index contributed by atoms with van der Waals surface area (Å²) in [7, 11) is 1.69. The van der Waals surface area contributed by atoms with Crippen LogP contribution in [0.1, 0.15) is 5.76 Å². The summed E-state index contributed by atoms with van der Waals surface area (Å²) in [6.07, 6.45) is 3.61. The highest BCUT2D eigenvalue weighted by atomic mass is 16.6. The van der Waals surface area contributed by atoms with Crippen molar-refractivity contribution >= 4 is 5.52 Å². The highest BCUT2D eigenvalue weighted by Crippen LogP contribution is 2.34. The molecule has 0 aliphatic carbocycles. The van der Waals surface area contributed by atoms with Gasteiger partial charge in [0.05, 0.1) is 11.1 Å². The molecule has 0 spiro atoms. The van der Waals surface area contributed by atoms with E-state index in [1.165, 1.54) is 0 Å². The van der Waals surface area contributed by atoms with Crippen molar-refractivity contribution in [1.29, 1.82) is 0 Å². The normalized spacial score (nSPS) is 21.1. The Kier molecular flexibility index (Phi) is 3.51. The first kappa shape index (κ1) is 14.2. The van der Waals surface area contributed by atoms with Crippen molar-refractivity contribution in [3.8, 4) is 17.0 Å². The smallest absolute Gasteiger partial charge is 0.262 e. The van der Waals surface area contributed by atoms with Crippen LogP contribution in [0.25, 0.3) is 16.6 Å². The lowest BCUT2D eigenvalue weighted by molar-refractivity contribution is 0.0312. The van der Waals surface area contributed by atoms with Crippen LogP contribution in [-0.2, 0) is 4.74 Å². The first-order chi connectivity index (χ1) is 11.3. The molecule has 0 amide bonds. The Morgan fingerprint density at radius 2 is 2.17 bits per heavy atom. The summed E-state index contributed by atoms with van der Waals surface area (Å²) < 4.78 is 18.7. The van der Waals surface area contributed by atoms with Gasteiger partial charge in [0.15, 0.2) is 0 Å². The van der Waals surface area contributed by atoms with Crippen molar-refractivity contribution in [2.24, 2.45) is 0 Å². The van der Waals surface area contributed by atoms with Gasteiger partial charge in [0.25, 0.3) is 5.88 Å². The zero-order valence-electron chi connectivity index (χ0n) is 13.0. The highest BCUT2D eigenvalue weighted by Gasteiger charge is 2.31. The molecule has 1 fully saturated rings. The van der Waals surface area contributed by atoms with E-state index in [2.05, 4.69) is 15.6 Å². The third-order valence-corrected chi connectivity index (χ3v) is 4.19. The maximum absolute atomic E-state index is 6.06. The topological polar surface area (TPSA) is 73.8 Å². The molecule has 1 aliphatic heterocycles. The summed E-state index contributed by atoms with van der Waals surface area (Å²) in [4.78, 5) is 0. The van der Waals surface area contributed by atoms with Crippen LogP contribution in [0.2, 0.25) is 0 Å². The predicted octanol–water partition coefficient (Wildman–Crippen LogP) is 1.66. The molecular weight excluding hydrogens is 296 g/mol. The molecule has 0 aromatic carbocycles. The van der Waals surface area contributed by atoms with E-state index >= 15 is 0 Å². The van der Waals surface area contributed by atoms with E-state index in [0.29, 0.717) is 5.88 Å². The monoisotopic (exact) mass is 314 g/mol. The fraction of sp³-hybridized carbons (Fsp3) is 0.375. The lowest BCUT2D eigenvalue weighted by Gasteiger charge is -2.17. The van der Waals surface area contributed by atoms with Crippen molar-refractivity contribution in [2.45, 2.75) is 19.1 Å². The quantitative estimate of drug-likeness (QED) is 0.789. The largest absolute Gasteiger partial charge is 0.468 e. The van der Waals surface area contributed by atoms with Gasteiger partial charge in [0.1, 0.15) is 18.0 Å². The van der Waals surface area contributed by atoms with Gasteiger partial charge in [-0.15, -0.1) is 0 Å². The van der Waals surface area contributed by atoms with E-state index in [1.807, 2.05) is 35.8 Å². The van der Waals surface area contributed by atoms with Gasteiger partial charge < -0.3 is 19.3 Å². The van der Waals surface area contributed by atoms with Crippen LogP contribution >= 0.6 is 0 Å². The molecule has 2 unspecified atom stereocenters. The van der Waals surface area contributed by atoms with Gasteiger partial charge in [-0.2, -0.15) is 5.10 Å². The van der Waals surface area contributed by atoms with Gasteiger partial charge in [-0.25, -0.2) is 4.52 Å². The molecule has 7 heteroatoms. The fourth-order valence-corrected chi connectivity index (χ4v) is 2.96. The SMILES string of the molecule is COC1CNCC1Oc1noc(C)c1-c1ccn2nccc2c1. The second-order valence-electron chi connectivity index (χ2n) is 5.62. The van der Waals surface area contributed by atoms with Crippen molar-refractivity contribution in [2.75, 3.05) is 20.2 Å². The molecule has 7 nitrogen and oxygen atoms in total. The van der Waals surface area contributed by atoms with Crippen LogP contribution in [0, 0.1) is 6.92 Å². The van der Waals surface area contributed by atoms with Crippen molar-refractivity contribution in [3.63, 3.8) is 0 Å². The number of aromatic nitrogens is 3. The molecule has 2 atom stereocenters. The first-order valence-electron chi connectivity index (χ1n) is 7.56. The van der Waals surface area contributed by atoms with Crippen molar-refractivity contribution in [1.82, 2.24) is 20.1 Å². The highest BCUT2D eigenvalue weighted by molar-refractivity contribution is 5.73. The molecule has 0 radical (unpaired) electrons. The van der Waals surface area contributed by atoms with Gasteiger partial charge in [0.2, 0.25) is 0 Å². The van der Waals surface area contributed by atoms with Gasteiger partial charge in [-0.1, -0.05) is 0 Å². The maximum atomic E-state index is 6.06. The van der Waals surface area contributed by atoms with Crippen LogP contribution in [0.4, 0.5) is 0 Å². The number of hydrogen-bond acceptors (Lipinski definition) is 6. The predicted molar refractivity (Wildman–Crippen MR) is 83.5 cm³/mol. The molecule has 1 saturated heterocycles. The molecule has 1 N–H and O–H groups in total. The minimum Gasteiger partial charge on any atom is -0.468 e. The van der Waals surface area contributed by atoms with Crippen LogP contribution < -0.4 is 10.1 Å². The van der Waals surface area contributed by atoms with E-state index in [1.54, 1.807) is 13.3 Å². The molecule has 0 bridgehead atoms. The van der Waals surface area contributed by atoms with Crippen LogP contribution in [0.3, 0.4) is 0 Å². The number of fused-ring (bicyclic) bond motifs is 1. The summed E-state index contributed by atoms with van der Waals surface area (Å²) in [5.74, 6) is 1.23. The van der Waals surface area contributed by atoms with Gasteiger partial charge >= 0.3 is 0 Å². The number of ether oxygens (including phenoxy) is 2. The second kappa shape index (κ2) is 5.68. The zero-order valence-corrected chi connectivity index (χ0v) is 13.0. The molecule has 3 aromatic heterocycles. The molecule has 120 valence electrons. The van der Waals surface area contributed by atoms with Gasteiger partial charge in [0, 0.05) is 32.6 Å². The summed E-state index contributed by atoms with van der Waals surface area (Å²) >= 11 is 0. The Balaban J connectivity index is 1.69. The van der Waals surface area contributed by atoms with E-state index in [0.717, 1.165) is 35.5 Å². The summed E-state index contributed by atoms with van der Waals surface area (Å²) in [5.41, 5.74) is 2.87. The van der Waals surface area contributed by atoms with Crippen LogP contribution in [0.15, 0.2) is 35.1 Å². The van der Waals surface area contributed by atoms with Gasteiger partial charge in [-0.05, 0) is 35.8 Å². The fourth-order valence-electron chi connectivity index (χ4n) is 2.96. The Morgan fingerprint density at radius 1 is 1.30 bits per heavy atom. The Morgan fingerprint density at radius 3 is 3.04 bits per heavy atom. The number of pyridine rings is 1. The van der Waals surface area contributed by atoms with E-state index in [-0.39, 0.29) is 12.2 Å². The third kappa shape index (κ3) is 2.47. The molecule has 3 aromatic rings. The van der Waals surface area contributed by atoms with E-state index in [4.69, 9.17) is 14.0 Å². The van der Waals surface area contributed by atoms with E-state index in [9.17, 15) is 0 Å². The molecule has 1 aliphatic rings. The molecular formula is C16H18N4O3. The molecule has 4 rings (SSSR count). The number of rotatable bonds is 4. The minimum absolute atomic E-state index is 0.0113. The average Bonchev–Trinajstić information content (AvgIpc) is 3.27. The van der Waals surface area contributed by atoms with Crippen LogP contribution in [-0.4, -0.2) is 47.2 Å². The van der Waals surface area contributed by atoms with Crippen LogP contribution in [0.5, 0.6) is 5.88 Å². The Hall–Kier alpha value is -2.38. The third-order valence-electron chi connectivity index (χ3n) is 4.19. The zero-order chi connectivity index (χ0) is 15.8. The Labute approximate surface area is 133 Å². The van der Waals surface area contributed by atoms with Crippen molar-refractivity contribution < 1.29 is 14.0 Å². The number of nitrogens with zero attached hydrogens (tertiary/aromatic N) is 3. The summed E-state index contributed by atoms with van der Waals surface area (Å²) in [6, 6.07) is 5.97. The second-order valence-corrected chi connectivity index (χ2v) is 5.62. The summed E-state index contributed by atoms with van der Waals surface area (Å²) in [6.45, 7) is 3.39. The lowest BCUT2D eigenvalue weighted by Crippen LogP contribution is -2.31. The van der Waals surface area contributed by atoms with E-state index < -0.39 is 0 Å². The first-order valence-corrected chi connectivity index (χ1v) is 7.56. The maximum Gasteiger partial charge on any atom is 0.262 e. The number of aryl methyl sites for hydroxylation is 1. The van der Waals surface area contributed by atoms with Crippen molar-refractivity contribution in [3.05, 3.63) is 36.4 Å². The lowest BCUT2D eigenvalue weighted by atomic mass is 10.1. The average molecular weight is 314 g/mol. The molecule has 0 saturated carbocycles. The summed E-state index contributed by atoms with van der Waals surface area (Å²) in [5, 5.41) is 11.6.